The van der Waals surface area contributed by atoms with E-state index in [4.69, 9.17) is 5.26 Å². The fourth-order valence-corrected chi connectivity index (χ4v) is 1.55. The van der Waals surface area contributed by atoms with Gasteiger partial charge in [-0.25, -0.2) is 4.39 Å². The average molecular weight is 274 g/mol. The molecule has 0 saturated heterocycles. The summed E-state index contributed by atoms with van der Waals surface area (Å²) in [6, 6.07) is 2.98. The highest BCUT2D eigenvalue weighted by molar-refractivity contribution is 5.31. The molecule has 0 saturated carbocycles. The van der Waals surface area contributed by atoms with Gasteiger partial charge in [0.2, 0.25) is 0 Å². The zero-order chi connectivity index (χ0) is 14.6. The number of hydrogen-bond acceptors (Lipinski definition) is 2. The molecule has 0 spiro atoms. The molecular formula is C13H14F4N2. The maximum atomic E-state index is 13.2. The van der Waals surface area contributed by atoms with Crippen molar-refractivity contribution in [3.8, 4) is 6.07 Å². The van der Waals surface area contributed by atoms with Gasteiger partial charge in [0.05, 0.1) is 11.6 Å². The second kappa shape index (κ2) is 6.02. The van der Waals surface area contributed by atoms with E-state index in [0.717, 1.165) is 12.1 Å². The van der Waals surface area contributed by atoms with Crippen LogP contribution >= 0.6 is 0 Å². The largest absolute Gasteiger partial charge is 0.416 e. The minimum Gasteiger partial charge on any atom is -0.296 e. The Morgan fingerprint density at radius 3 is 2.42 bits per heavy atom. The molecule has 1 aromatic carbocycles. The number of benzene rings is 1. The molecule has 1 rings (SSSR count). The molecule has 104 valence electrons. The van der Waals surface area contributed by atoms with Gasteiger partial charge < -0.3 is 0 Å². The summed E-state index contributed by atoms with van der Waals surface area (Å²) < 4.78 is 51.0. The van der Waals surface area contributed by atoms with Gasteiger partial charge in [-0.2, -0.15) is 18.4 Å². The third-order valence-corrected chi connectivity index (χ3v) is 2.77. The number of nitrogens with one attached hydrogen (secondary N) is 1. The molecule has 2 atom stereocenters. The van der Waals surface area contributed by atoms with Crippen LogP contribution in [-0.4, -0.2) is 6.04 Å². The Bertz CT molecular complexity index is 477. The van der Waals surface area contributed by atoms with Crippen molar-refractivity contribution in [1.82, 2.24) is 5.32 Å². The molecule has 0 fully saturated rings. The number of hydrogen-bond donors (Lipinski definition) is 1. The van der Waals surface area contributed by atoms with E-state index in [1.165, 1.54) is 0 Å². The third kappa shape index (κ3) is 4.21. The summed E-state index contributed by atoms with van der Waals surface area (Å²) in [6.45, 7) is 3.67. The lowest BCUT2D eigenvalue weighted by atomic mass is 10.0. The van der Waals surface area contributed by atoms with Crippen LogP contribution in [0.2, 0.25) is 0 Å². The lowest BCUT2D eigenvalue weighted by Gasteiger charge is -2.18. The molecule has 0 radical (unpaired) electrons. The molecule has 0 aliphatic carbocycles. The first kappa shape index (κ1) is 15.4. The standard InChI is InChI=1S/C13H14F4N2/c1-3-8(2)19-12(7-18)9-4-10(13(15,16)17)6-11(14)5-9/h4-6,8,12,19H,3H2,1-2H3. The van der Waals surface area contributed by atoms with Crippen molar-refractivity contribution in [1.29, 1.82) is 5.26 Å². The fraction of sp³-hybridized carbons (Fsp3) is 0.462. The van der Waals surface area contributed by atoms with Crippen molar-refractivity contribution >= 4 is 0 Å². The Kier molecular flexibility index (Phi) is 4.90. The SMILES string of the molecule is CCC(C)NC(C#N)c1cc(F)cc(C(F)(F)F)c1. The molecule has 2 unspecified atom stereocenters. The van der Waals surface area contributed by atoms with Gasteiger partial charge in [-0.05, 0) is 37.1 Å². The van der Waals surface area contributed by atoms with Gasteiger partial charge >= 0.3 is 6.18 Å². The highest BCUT2D eigenvalue weighted by atomic mass is 19.4. The normalized spacial score (nSPS) is 14.8. The van der Waals surface area contributed by atoms with E-state index in [-0.39, 0.29) is 11.6 Å². The Hall–Kier alpha value is -1.61. The molecule has 0 aliphatic heterocycles. The van der Waals surface area contributed by atoms with Crippen LogP contribution in [-0.2, 0) is 6.18 Å². The Labute approximate surface area is 109 Å². The van der Waals surface area contributed by atoms with Crippen LogP contribution < -0.4 is 5.32 Å². The Balaban J connectivity index is 3.12. The highest BCUT2D eigenvalue weighted by Crippen LogP contribution is 2.31. The van der Waals surface area contributed by atoms with Crippen LogP contribution in [0, 0.1) is 17.1 Å². The van der Waals surface area contributed by atoms with Gasteiger partial charge in [0.15, 0.2) is 0 Å². The van der Waals surface area contributed by atoms with E-state index in [1.807, 2.05) is 13.0 Å². The van der Waals surface area contributed by atoms with Crippen molar-refractivity contribution in [2.75, 3.05) is 0 Å². The first-order chi connectivity index (χ1) is 8.77. The summed E-state index contributed by atoms with van der Waals surface area (Å²) in [5.74, 6) is -1.00. The summed E-state index contributed by atoms with van der Waals surface area (Å²) in [5.41, 5.74) is -1.11. The highest BCUT2D eigenvalue weighted by Gasteiger charge is 2.32. The van der Waals surface area contributed by atoms with Crippen LogP contribution in [0.3, 0.4) is 0 Å². The maximum absolute atomic E-state index is 13.2. The van der Waals surface area contributed by atoms with Crippen molar-refractivity contribution < 1.29 is 17.6 Å². The molecule has 2 nitrogen and oxygen atoms in total. The van der Waals surface area contributed by atoms with Gasteiger partial charge in [0.1, 0.15) is 11.9 Å². The van der Waals surface area contributed by atoms with Crippen molar-refractivity contribution in [2.45, 2.75) is 38.5 Å². The number of rotatable bonds is 4. The predicted molar refractivity (Wildman–Crippen MR) is 62.6 cm³/mol. The second-order valence-electron chi connectivity index (χ2n) is 4.31. The molecule has 0 aliphatic rings. The molecule has 1 aromatic rings. The quantitative estimate of drug-likeness (QED) is 0.848. The Morgan fingerprint density at radius 2 is 1.95 bits per heavy atom. The number of alkyl halides is 3. The lowest BCUT2D eigenvalue weighted by molar-refractivity contribution is -0.137. The van der Waals surface area contributed by atoms with Gasteiger partial charge in [0, 0.05) is 6.04 Å². The van der Waals surface area contributed by atoms with Gasteiger partial charge in [-0.15, -0.1) is 0 Å². The van der Waals surface area contributed by atoms with Crippen LogP contribution in [0.25, 0.3) is 0 Å². The van der Waals surface area contributed by atoms with E-state index in [9.17, 15) is 17.6 Å². The van der Waals surface area contributed by atoms with E-state index in [2.05, 4.69) is 5.32 Å². The molecule has 0 aromatic heterocycles. The average Bonchev–Trinajstić information content (AvgIpc) is 2.33. The van der Waals surface area contributed by atoms with E-state index < -0.39 is 23.6 Å². The number of nitriles is 1. The summed E-state index contributed by atoms with van der Waals surface area (Å²) in [5, 5.41) is 11.8. The predicted octanol–water partition coefficient (Wildman–Crippen LogP) is 3.80. The second-order valence-corrected chi connectivity index (χ2v) is 4.31. The molecule has 1 N–H and O–H groups in total. The molecule has 19 heavy (non-hydrogen) atoms. The zero-order valence-electron chi connectivity index (χ0n) is 10.6. The molecule has 0 heterocycles. The van der Waals surface area contributed by atoms with Crippen LogP contribution in [0.1, 0.15) is 37.4 Å². The topological polar surface area (TPSA) is 35.8 Å². The van der Waals surface area contributed by atoms with Crippen LogP contribution in [0.15, 0.2) is 18.2 Å². The minimum atomic E-state index is -4.63. The smallest absolute Gasteiger partial charge is 0.296 e. The van der Waals surface area contributed by atoms with Gasteiger partial charge in [0.25, 0.3) is 0 Å². The molecule has 0 amide bonds. The van der Waals surface area contributed by atoms with E-state index >= 15 is 0 Å². The monoisotopic (exact) mass is 274 g/mol. The van der Waals surface area contributed by atoms with Crippen LogP contribution in [0.5, 0.6) is 0 Å². The van der Waals surface area contributed by atoms with Crippen LogP contribution in [0.4, 0.5) is 17.6 Å². The van der Waals surface area contributed by atoms with E-state index in [1.54, 1.807) is 6.92 Å². The van der Waals surface area contributed by atoms with Crippen molar-refractivity contribution in [3.05, 3.63) is 35.1 Å². The molecular weight excluding hydrogens is 260 g/mol. The van der Waals surface area contributed by atoms with Gasteiger partial charge in [-0.1, -0.05) is 6.92 Å². The van der Waals surface area contributed by atoms with Crippen molar-refractivity contribution in [2.24, 2.45) is 0 Å². The first-order valence-electron chi connectivity index (χ1n) is 5.81. The molecule has 0 bridgehead atoms. The summed E-state index contributed by atoms with van der Waals surface area (Å²) in [6.07, 6.45) is -3.92. The lowest BCUT2D eigenvalue weighted by Crippen LogP contribution is -2.29. The van der Waals surface area contributed by atoms with Crippen molar-refractivity contribution in [3.63, 3.8) is 0 Å². The summed E-state index contributed by atoms with van der Waals surface area (Å²) >= 11 is 0. The zero-order valence-corrected chi connectivity index (χ0v) is 10.6. The number of halogens is 4. The summed E-state index contributed by atoms with van der Waals surface area (Å²) in [7, 11) is 0. The Morgan fingerprint density at radius 1 is 1.32 bits per heavy atom. The third-order valence-electron chi connectivity index (χ3n) is 2.77. The molecule has 6 heteroatoms. The first-order valence-corrected chi connectivity index (χ1v) is 5.81. The van der Waals surface area contributed by atoms with Gasteiger partial charge in [-0.3, -0.25) is 5.32 Å². The maximum Gasteiger partial charge on any atom is 0.416 e. The minimum absolute atomic E-state index is 0.0184. The number of nitrogens with zero attached hydrogens (tertiary/aromatic N) is 1. The van der Waals surface area contributed by atoms with E-state index in [0.29, 0.717) is 12.5 Å². The summed E-state index contributed by atoms with van der Waals surface area (Å²) in [4.78, 5) is 0. The fourth-order valence-electron chi connectivity index (χ4n) is 1.55.